The predicted octanol–water partition coefficient (Wildman–Crippen LogP) is 4.71. The number of para-hydroxylation sites is 1. The van der Waals surface area contributed by atoms with Crippen LogP contribution in [-0.4, -0.2) is 14.8 Å². The molecule has 5 heteroatoms. The van der Waals surface area contributed by atoms with Crippen molar-refractivity contribution in [1.82, 2.24) is 14.8 Å². The summed E-state index contributed by atoms with van der Waals surface area (Å²) in [7, 11) is 0. The van der Waals surface area contributed by atoms with Gasteiger partial charge >= 0.3 is 0 Å². The molecule has 0 radical (unpaired) electrons. The monoisotopic (exact) mass is 334 g/mol. The molecule has 1 unspecified atom stereocenters. The van der Waals surface area contributed by atoms with Gasteiger partial charge in [-0.2, -0.15) is 5.10 Å². The predicted molar refractivity (Wildman–Crippen MR) is 99.4 cm³/mol. The second-order valence-electron chi connectivity index (χ2n) is 5.81. The smallest absolute Gasteiger partial charge is 0.184 e. The number of fused-ring (bicyclic) bond motifs is 1. The molecule has 0 fully saturated rings. The van der Waals surface area contributed by atoms with Crippen LogP contribution in [0.1, 0.15) is 24.1 Å². The molecule has 120 valence electrons. The third-order valence-corrected chi connectivity index (χ3v) is 4.94. The van der Waals surface area contributed by atoms with Gasteiger partial charge in [-0.15, -0.1) is 0 Å². The molecule has 0 spiro atoms. The number of aromatic nitrogens is 3. The van der Waals surface area contributed by atoms with Crippen LogP contribution >= 0.6 is 11.3 Å². The molecule has 4 nitrogen and oxygen atoms in total. The summed E-state index contributed by atoms with van der Waals surface area (Å²) in [4.78, 5) is 4.63. The molecular weight excluding hydrogens is 316 g/mol. The molecule has 4 aromatic rings. The Morgan fingerprint density at radius 3 is 2.71 bits per heavy atom. The number of rotatable bonds is 5. The van der Waals surface area contributed by atoms with E-state index in [0.717, 1.165) is 22.8 Å². The third-order valence-electron chi connectivity index (χ3n) is 3.97. The van der Waals surface area contributed by atoms with Crippen molar-refractivity contribution in [1.29, 1.82) is 0 Å². The van der Waals surface area contributed by atoms with Crippen molar-refractivity contribution >= 4 is 26.7 Å². The number of thiazole rings is 1. The van der Waals surface area contributed by atoms with Gasteiger partial charge in [0.2, 0.25) is 0 Å². The molecule has 2 heterocycles. The SMILES string of the molecule is CC(Nc1nc2ccccc2s1)c1cnn(Cc2ccccc2)c1. The van der Waals surface area contributed by atoms with Gasteiger partial charge < -0.3 is 5.32 Å². The zero-order valence-electron chi connectivity index (χ0n) is 13.4. The number of nitrogens with one attached hydrogen (secondary N) is 1. The molecule has 0 amide bonds. The zero-order valence-corrected chi connectivity index (χ0v) is 14.2. The van der Waals surface area contributed by atoms with Gasteiger partial charge in [0.1, 0.15) is 0 Å². The van der Waals surface area contributed by atoms with Crippen molar-refractivity contribution in [2.45, 2.75) is 19.5 Å². The van der Waals surface area contributed by atoms with E-state index in [1.54, 1.807) is 11.3 Å². The van der Waals surface area contributed by atoms with Crippen LogP contribution in [0.4, 0.5) is 5.13 Å². The highest BCUT2D eigenvalue weighted by Gasteiger charge is 2.11. The van der Waals surface area contributed by atoms with Crippen molar-refractivity contribution in [3.05, 3.63) is 78.1 Å². The Bertz CT molecular complexity index is 909. The number of anilines is 1. The molecular formula is C19H18N4S. The summed E-state index contributed by atoms with van der Waals surface area (Å²) in [6.07, 6.45) is 4.02. The Balaban J connectivity index is 1.47. The zero-order chi connectivity index (χ0) is 16.4. The normalized spacial score (nSPS) is 12.4. The van der Waals surface area contributed by atoms with Crippen molar-refractivity contribution in [2.24, 2.45) is 0 Å². The van der Waals surface area contributed by atoms with E-state index in [0.29, 0.717) is 0 Å². The minimum atomic E-state index is 0.162. The van der Waals surface area contributed by atoms with E-state index in [9.17, 15) is 0 Å². The van der Waals surface area contributed by atoms with Gasteiger partial charge in [-0.25, -0.2) is 4.98 Å². The molecule has 1 N–H and O–H groups in total. The Kier molecular flexibility index (Phi) is 4.01. The maximum atomic E-state index is 4.63. The van der Waals surface area contributed by atoms with Crippen LogP contribution in [0.5, 0.6) is 0 Å². The fourth-order valence-corrected chi connectivity index (χ4v) is 3.62. The molecule has 1 atom stereocenters. The minimum absolute atomic E-state index is 0.162. The van der Waals surface area contributed by atoms with E-state index in [1.807, 2.05) is 35.1 Å². The first-order chi connectivity index (χ1) is 11.8. The van der Waals surface area contributed by atoms with Gasteiger partial charge in [-0.1, -0.05) is 53.8 Å². The lowest BCUT2D eigenvalue weighted by molar-refractivity contribution is 0.685. The highest BCUT2D eigenvalue weighted by molar-refractivity contribution is 7.22. The fourth-order valence-electron chi connectivity index (χ4n) is 2.66. The van der Waals surface area contributed by atoms with Gasteiger partial charge in [0.05, 0.1) is 29.0 Å². The first-order valence-corrected chi connectivity index (χ1v) is 8.78. The highest BCUT2D eigenvalue weighted by Crippen LogP contribution is 2.28. The van der Waals surface area contributed by atoms with Gasteiger partial charge in [-0.05, 0) is 24.6 Å². The lowest BCUT2D eigenvalue weighted by atomic mass is 10.2. The summed E-state index contributed by atoms with van der Waals surface area (Å²) in [5.74, 6) is 0. The Hall–Kier alpha value is -2.66. The van der Waals surface area contributed by atoms with Gasteiger partial charge in [0.25, 0.3) is 0 Å². The topological polar surface area (TPSA) is 42.7 Å². The lowest BCUT2D eigenvalue weighted by Crippen LogP contribution is -2.05. The Labute approximate surface area is 144 Å². The molecule has 2 aromatic carbocycles. The molecule has 0 bridgehead atoms. The maximum Gasteiger partial charge on any atom is 0.184 e. The lowest BCUT2D eigenvalue weighted by Gasteiger charge is -2.10. The van der Waals surface area contributed by atoms with Crippen LogP contribution in [0.2, 0.25) is 0 Å². The van der Waals surface area contributed by atoms with Crippen LogP contribution in [0.25, 0.3) is 10.2 Å². The second-order valence-corrected chi connectivity index (χ2v) is 6.84. The van der Waals surface area contributed by atoms with E-state index >= 15 is 0 Å². The molecule has 4 rings (SSSR count). The number of hydrogen-bond acceptors (Lipinski definition) is 4. The summed E-state index contributed by atoms with van der Waals surface area (Å²) in [6.45, 7) is 2.92. The summed E-state index contributed by atoms with van der Waals surface area (Å²) in [5, 5.41) is 8.90. The van der Waals surface area contributed by atoms with E-state index in [2.05, 4.69) is 58.9 Å². The van der Waals surface area contributed by atoms with Crippen molar-refractivity contribution in [3.8, 4) is 0 Å². The van der Waals surface area contributed by atoms with Crippen LogP contribution in [0, 0.1) is 0 Å². The molecule has 0 aliphatic carbocycles. The average molecular weight is 334 g/mol. The quantitative estimate of drug-likeness (QED) is 0.574. The van der Waals surface area contributed by atoms with Crippen molar-refractivity contribution in [2.75, 3.05) is 5.32 Å². The van der Waals surface area contributed by atoms with Crippen LogP contribution in [0.15, 0.2) is 67.0 Å². The molecule has 0 saturated carbocycles. The number of benzene rings is 2. The molecule has 0 saturated heterocycles. The van der Waals surface area contributed by atoms with Gasteiger partial charge in [0, 0.05) is 11.8 Å². The molecule has 0 aliphatic heterocycles. The number of nitrogens with zero attached hydrogens (tertiary/aromatic N) is 3. The second kappa shape index (κ2) is 6.45. The Morgan fingerprint density at radius 1 is 1.08 bits per heavy atom. The standard InChI is InChI=1S/C19H18N4S/c1-14(21-19-22-17-9-5-6-10-18(17)24-19)16-11-20-23(13-16)12-15-7-3-2-4-8-15/h2-11,13-14H,12H2,1H3,(H,21,22). The molecule has 24 heavy (non-hydrogen) atoms. The van der Waals surface area contributed by atoms with E-state index in [4.69, 9.17) is 0 Å². The third kappa shape index (κ3) is 3.16. The first kappa shape index (κ1) is 14.9. The fraction of sp³-hybridized carbons (Fsp3) is 0.158. The van der Waals surface area contributed by atoms with Crippen LogP contribution in [0.3, 0.4) is 0 Å². The first-order valence-electron chi connectivity index (χ1n) is 7.96. The highest BCUT2D eigenvalue weighted by atomic mass is 32.1. The van der Waals surface area contributed by atoms with Crippen LogP contribution in [-0.2, 0) is 6.54 Å². The van der Waals surface area contributed by atoms with Crippen molar-refractivity contribution < 1.29 is 0 Å². The van der Waals surface area contributed by atoms with E-state index in [1.165, 1.54) is 10.3 Å². The van der Waals surface area contributed by atoms with Gasteiger partial charge in [-0.3, -0.25) is 4.68 Å². The maximum absolute atomic E-state index is 4.63. The molecule has 2 aromatic heterocycles. The Morgan fingerprint density at radius 2 is 1.88 bits per heavy atom. The van der Waals surface area contributed by atoms with Gasteiger partial charge in [0.15, 0.2) is 5.13 Å². The van der Waals surface area contributed by atoms with Crippen LogP contribution < -0.4 is 5.32 Å². The summed E-state index contributed by atoms with van der Waals surface area (Å²) in [6, 6.07) is 18.7. The van der Waals surface area contributed by atoms with E-state index < -0.39 is 0 Å². The largest absolute Gasteiger partial charge is 0.355 e. The summed E-state index contributed by atoms with van der Waals surface area (Å²) in [5.41, 5.74) is 3.45. The summed E-state index contributed by atoms with van der Waals surface area (Å²) < 4.78 is 3.17. The minimum Gasteiger partial charge on any atom is -0.355 e. The number of hydrogen-bond donors (Lipinski definition) is 1. The van der Waals surface area contributed by atoms with Crippen molar-refractivity contribution in [3.63, 3.8) is 0 Å². The molecule has 0 aliphatic rings. The summed E-state index contributed by atoms with van der Waals surface area (Å²) >= 11 is 1.68. The average Bonchev–Trinajstić information content (AvgIpc) is 3.22. The van der Waals surface area contributed by atoms with E-state index in [-0.39, 0.29) is 6.04 Å².